The molecular formula is C13H15ClN2. The molecule has 2 heterocycles. The number of H-pyrrole nitrogens is 1. The van der Waals surface area contributed by atoms with E-state index in [4.69, 9.17) is 11.6 Å². The molecule has 0 saturated carbocycles. The van der Waals surface area contributed by atoms with E-state index in [9.17, 15) is 0 Å². The molecule has 2 nitrogen and oxygen atoms in total. The van der Waals surface area contributed by atoms with Crippen molar-refractivity contribution in [1.82, 2.24) is 10.3 Å². The van der Waals surface area contributed by atoms with Crippen molar-refractivity contribution in [3.63, 3.8) is 0 Å². The molecule has 2 aromatic rings. The first-order valence-electron chi connectivity index (χ1n) is 5.79. The van der Waals surface area contributed by atoms with Gasteiger partial charge in [-0.1, -0.05) is 11.6 Å². The third-order valence-corrected chi connectivity index (χ3v) is 3.68. The van der Waals surface area contributed by atoms with Crippen LogP contribution in [0.15, 0.2) is 24.4 Å². The topological polar surface area (TPSA) is 27.8 Å². The molecule has 1 saturated heterocycles. The zero-order valence-electron chi connectivity index (χ0n) is 9.09. The molecule has 1 fully saturated rings. The number of hydrogen-bond acceptors (Lipinski definition) is 1. The Kier molecular flexibility index (Phi) is 2.62. The maximum atomic E-state index is 6.25. The van der Waals surface area contributed by atoms with Gasteiger partial charge in [-0.25, -0.2) is 0 Å². The Morgan fingerprint density at radius 1 is 1.38 bits per heavy atom. The summed E-state index contributed by atoms with van der Waals surface area (Å²) in [5, 5.41) is 5.38. The minimum absolute atomic E-state index is 0.767. The van der Waals surface area contributed by atoms with Crippen LogP contribution in [0.4, 0.5) is 0 Å². The molecule has 2 N–H and O–H groups in total. The summed E-state index contributed by atoms with van der Waals surface area (Å²) in [4.78, 5) is 3.23. The van der Waals surface area contributed by atoms with Crippen molar-refractivity contribution in [2.45, 2.75) is 12.8 Å². The highest BCUT2D eigenvalue weighted by Gasteiger charge is 2.15. The van der Waals surface area contributed by atoms with Crippen molar-refractivity contribution >= 4 is 22.5 Å². The molecule has 1 unspecified atom stereocenters. The van der Waals surface area contributed by atoms with Crippen LogP contribution < -0.4 is 5.32 Å². The maximum Gasteiger partial charge on any atom is 0.0502 e. The Morgan fingerprint density at radius 2 is 2.31 bits per heavy atom. The van der Waals surface area contributed by atoms with Crippen molar-refractivity contribution in [3.05, 3.63) is 35.0 Å². The Bertz CT molecular complexity index is 498. The van der Waals surface area contributed by atoms with Gasteiger partial charge in [0.1, 0.15) is 0 Å². The van der Waals surface area contributed by atoms with Crippen molar-refractivity contribution < 1.29 is 0 Å². The number of fused-ring (bicyclic) bond motifs is 1. The van der Waals surface area contributed by atoms with Gasteiger partial charge in [0.15, 0.2) is 0 Å². The fourth-order valence-corrected chi connectivity index (χ4v) is 2.82. The summed E-state index contributed by atoms with van der Waals surface area (Å²) >= 11 is 6.25. The minimum atomic E-state index is 0.767. The van der Waals surface area contributed by atoms with Crippen LogP contribution in [0.1, 0.15) is 12.0 Å². The summed E-state index contributed by atoms with van der Waals surface area (Å²) in [6.07, 6.45) is 4.35. The number of rotatable bonds is 2. The second kappa shape index (κ2) is 4.11. The molecule has 0 aliphatic carbocycles. The van der Waals surface area contributed by atoms with E-state index in [0.717, 1.165) is 41.4 Å². The highest BCUT2D eigenvalue weighted by molar-refractivity contribution is 6.35. The van der Waals surface area contributed by atoms with Crippen LogP contribution >= 0.6 is 11.6 Å². The number of hydrogen-bond donors (Lipinski definition) is 2. The Morgan fingerprint density at radius 3 is 3.12 bits per heavy atom. The smallest absolute Gasteiger partial charge is 0.0502 e. The first kappa shape index (κ1) is 10.2. The van der Waals surface area contributed by atoms with Crippen molar-refractivity contribution in [2.24, 2.45) is 5.92 Å². The van der Waals surface area contributed by atoms with Crippen molar-refractivity contribution in [1.29, 1.82) is 0 Å². The molecule has 16 heavy (non-hydrogen) atoms. The molecular weight excluding hydrogens is 220 g/mol. The molecule has 0 spiro atoms. The van der Waals surface area contributed by atoms with E-state index in [2.05, 4.69) is 22.4 Å². The number of nitrogens with one attached hydrogen (secondary N) is 2. The summed E-state index contributed by atoms with van der Waals surface area (Å²) in [5.41, 5.74) is 2.49. The van der Waals surface area contributed by atoms with Crippen molar-refractivity contribution in [3.8, 4) is 0 Å². The summed E-state index contributed by atoms with van der Waals surface area (Å²) < 4.78 is 0. The monoisotopic (exact) mass is 234 g/mol. The van der Waals surface area contributed by atoms with E-state index in [1.54, 1.807) is 0 Å². The molecule has 1 aromatic heterocycles. The number of aromatic amines is 1. The predicted octanol–water partition coefficient (Wildman–Crippen LogP) is 2.97. The largest absolute Gasteiger partial charge is 0.361 e. The second-order valence-corrected chi connectivity index (χ2v) is 4.99. The van der Waals surface area contributed by atoms with E-state index in [1.807, 2.05) is 12.3 Å². The molecule has 1 atom stereocenters. The number of halogens is 1. The van der Waals surface area contributed by atoms with E-state index in [0.29, 0.717) is 0 Å². The lowest BCUT2D eigenvalue weighted by Gasteiger charge is -2.09. The van der Waals surface area contributed by atoms with Gasteiger partial charge in [-0.3, -0.25) is 0 Å². The molecule has 3 rings (SSSR count). The van der Waals surface area contributed by atoms with Gasteiger partial charge in [0, 0.05) is 17.1 Å². The molecule has 3 heteroatoms. The van der Waals surface area contributed by atoms with Crippen LogP contribution in [0.25, 0.3) is 10.9 Å². The fourth-order valence-electron chi connectivity index (χ4n) is 2.52. The van der Waals surface area contributed by atoms with E-state index in [1.165, 1.54) is 12.0 Å². The lowest BCUT2D eigenvalue weighted by atomic mass is 9.98. The van der Waals surface area contributed by atoms with Crippen LogP contribution in [0, 0.1) is 5.92 Å². The molecule has 1 aliphatic heterocycles. The molecule has 0 bridgehead atoms. The summed E-state index contributed by atoms with van der Waals surface area (Å²) in [5.74, 6) is 0.767. The Labute approximate surface area is 100.0 Å². The maximum absolute atomic E-state index is 6.25. The van der Waals surface area contributed by atoms with Crippen LogP contribution in [-0.4, -0.2) is 18.1 Å². The molecule has 84 valence electrons. The highest BCUT2D eigenvalue weighted by atomic mass is 35.5. The van der Waals surface area contributed by atoms with E-state index < -0.39 is 0 Å². The third kappa shape index (κ3) is 1.83. The number of benzene rings is 1. The predicted molar refractivity (Wildman–Crippen MR) is 68.0 cm³/mol. The Balaban J connectivity index is 1.91. The van der Waals surface area contributed by atoms with Gasteiger partial charge >= 0.3 is 0 Å². The van der Waals surface area contributed by atoms with Gasteiger partial charge < -0.3 is 10.3 Å². The van der Waals surface area contributed by atoms with Crippen LogP contribution in [0.3, 0.4) is 0 Å². The molecule has 0 radical (unpaired) electrons. The quantitative estimate of drug-likeness (QED) is 0.822. The van der Waals surface area contributed by atoms with E-state index in [-0.39, 0.29) is 0 Å². The summed E-state index contributed by atoms with van der Waals surface area (Å²) in [7, 11) is 0. The first-order valence-corrected chi connectivity index (χ1v) is 6.17. The number of aromatic nitrogens is 1. The summed E-state index contributed by atoms with van der Waals surface area (Å²) in [6, 6.07) is 6.36. The van der Waals surface area contributed by atoms with Crippen LogP contribution in [0.2, 0.25) is 5.02 Å². The molecule has 0 amide bonds. The average Bonchev–Trinajstić information content (AvgIpc) is 2.87. The zero-order valence-corrected chi connectivity index (χ0v) is 9.85. The standard InChI is InChI=1S/C13H15ClN2/c14-12-6-10(5-9-1-3-15-8-9)7-13-11(12)2-4-16-13/h2,4,6-7,9,15-16H,1,3,5,8H2. The lowest BCUT2D eigenvalue weighted by Crippen LogP contribution is -2.10. The van der Waals surface area contributed by atoms with Crippen molar-refractivity contribution in [2.75, 3.05) is 13.1 Å². The first-order chi connectivity index (χ1) is 7.83. The lowest BCUT2D eigenvalue weighted by molar-refractivity contribution is 0.580. The summed E-state index contributed by atoms with van der Waals surface area (Å²) in [6.45, 7) is 2.30. The van der Waals surface area contributed by atoms with Gasteiger partial charge in [0.05, 0.1) is 5.02 Å². The van der Waals surface area contributed by atoms with E-state index >= 15 is 0 Å². The van der Waals surface area contributed by atoms with Gasteiger partial charge in [-0.15, -0.1) is 0 Å². The molecule has 1 aliphatic rings. The molecule has 1 aromatic carbocycles. The SMILES string of the molecule is Clc1cc(CC2CCNC2)cc2[nH]ccc12. The minimum Gasteiger partial charge on any atom is -0.361 e. The average molecular weight is 235 g/mol. The normalized spacial score (nSPS) is 20.7. The van der Waals surface area contributed by atoms with Gasteiger partial charge in [-0.05, 0) is 55.6 Å². The fraction of sp³-hybridized carbons (Fsp3) is 0.385. The van der Waals surface area contributed by atoms with Crippen LogP contribution in [-0.2, 0) is 6.42 Å². The van der Waals surface area contributed by atoms with Gasteiger partial charge in [-0.2, -0.15) is 0 Å². The van der Waals surface area contributed by atoms with Gasteiger partial charge in [0.25, 0.3) is 0 Å². The highest BCUT2D eigenvalue weighted by Crippen LogP contribution is 2.26. The third-order valence-electron chi connectivity index (χ3n) is 3.36. The Hall–Kier alpha value is -0.990. The zero-order chi connectivity index (χ0) is 11.0. The second-order valence-electron chi connectivity index (χ2n) is 4.58. The van der Waals surface area contributed by atoms with Gasteiger partial charge in [0.2, 0.25) is 0 Å². The van der Waals surface area contributed by atoms with Crippen LogP contribution in [0.5, 0.6) is 0 Å².